The molecule has 1 atom stereocenters. The molecular formula is C43H52N10O4. The van der Waals surface area contributed by atoms with E-state index >= 15 is 0 Å². The lowest BCUT2D eigenvalue weighted by Gasteiger charge is -2.48. The average molecular weight is 773 g/mol. The highest BCUT2D eigenvalue weighted by Gasteiger charge is 2.51. The third kappa shape index (κ3) is 6.46. The van der Waals surface area contributed by atoms with E-state index in [1.807, 2.05) is 44.3 Å². The fourth-order valence-corrected chi connectivity index (χ4v) is 10.1. The minimum absolute atomic E-state index is 0.0275. The summed E-state index contributed by atoms with van der Waals surface area (Å²) in [5, 5.41) is 6.59. The number of carbonyl (C=O) groups excluding carboxylic acids is 4. The standard InChI is InChI=1S/C43H52N10O4/c1-42(2)36-30(10-7-11-31(36)53(40(42)57)32-13-15-35(54)47-38(32)55)51-22-18-43(19-23-51)16-20-50(21-17-43)29-12-14-34(44-26-29)46-41-45-25-27-24-33(39(56)49(3)4)52(37(27)48-41)28-8-5-6-9-28/h7,10-12,14,24-26,28,32H,5-6,8-9,13,15-23H2,1-4H3,(H,47,54,55)(H,44,45,46,48). The third-order valence-corrected chi connectivity index (χ3v) is 13.4. The number of nitrogens with zero attached hydrogens (tertiary/aromatic N) is 8. The Kier molecular flexibility index (Phi) is 9.19. The Hall–Kier alpha value is -5.53. The van der Waals surface area contributed by atoms with Crippen LogP contribution in [0.5, 0.6) is 0 Å². The van der Waals surface area contributed by atoms with Crippen molar-refractivity contribution in [3.63, 3.8) is 0 Å². The van der Waals surface area contributed by atoms with Crippen molar-refractivity contribution < 1.29 is 19.2 Å². The summed E-state index contributed by atoms with van der Waals surface area (Å²) < 4.78 is 2.12. The second-order valence-corrected chi connectivity index (χ2v) is 17.4. The van der Waals surface area contributed by atoms with Crippen LogP contribution < -0.4 is 25.3 Å². The van der Waals surface area contributed by atoms with Gasteiger partial charge in [-0.2, -0.15) is 4.98 Å². The molecule has 2 N–H and O–H groups in total. The average Bonchev–Trinajstić information content (AvgIpc) is 3.92. The second-order valence-electron chi connectivity index (χ2n) is 17.4. The van der Waals surface area contributed by atoms with Gasteiger partial charge >= 0.3 is 0 Å². The number of hydrogen-bond acceptors (Lipinski definition) is 10. The van der Waals surface area contributed by atoms with Gasteiger partial charge in [0.25, 0.3) is 5.91 Å². The lowest BCUT2D eigenvalue weighted by molar-refractivity contribution is -0.136. The Morgan fingerprint density at radius 1 is 0.877 bits per heavy atom. The Morgan fingerprint density at radius 2 is 1.58 bits per heavy atom. The molecule has 57 heavy (non-hydrogen) atoms. The molecule has 14 heteroatoms. The van der Waals surface area contributed by atoms with E-state index in [0.717, 1.165) is 111 Å². The summed E-state index contributed by atoms with van der Waals surface area (Å²) in [5.74, 6) is 0.323. The highest BCUT2D eigenvalue weighted by atomic mass is 16.2. The molecule has 4 aromatic rings. The van der Waals surface area contributed by atoms with Gasteiger partial charge in [-0.25, -0.2) is 9.97 Å². The summed E-state index contributed by atoms with van der Waals surface area (Å²) in [4.78, 5) is 74.1. The SMILES string of the molecule is CN(C)C(=O)c1cc2cnc(Nc3ccc(N4CCC5(CC4)CCN(c4cccc6c4C(C)(C)C(=O)N6C4CCC(=O)NC4=O)CC5)cn3)nc2n1C1CCCC1. The Morgan fingerprint density at radius 3 is 2.25 bits per heavy atom. The fourth-order valence-electron chi connectivity index (χ4n) is 10.1. The van der Waals surface area contributed by atoms with E-state index in [0.29, 0.717) is 23.9 Å². The first kappa shape index (κ1) is 37.1. The number of aromatic nitrogens is 4. The predicted octanol–water partition coefficient (Wildman–Crippen LogP) is 5.70. The molecule has 4 amide bonds. The van der Waals surface area contributed by atoms with Crippen molar-refractivity contribution in [3.05, 3.63) is 60.0 Å². The number of piperidine rings is 3. The van der Waals surface area contributed by atoms with Crippen molar-refractivity contribution in [2.75, 3.05) is 60.3 Å². The molecule has 1 aliphatic carbocycles. The number of pyridine rings is 1. The van der Waals surface area contributed by atoms with Gasteiger partial charge in [0.1, 0.15) is 23.2 Å². The minimum Gasteiger partial charge on any atom is -0.371 e. The Bertz CT molecular complexity index is 2240. The van der Waals surface area contributed by atoms with Crippen LogP contribution in [-0.4, -0.2) is 94.4 Å². The Balaban J connectivity index is 0.841. The molecule has 5 aliphatic rings. The van der Waals surface area contributed by atoms with E-state index in [1.54, 1.807) is 30.1 Å². The van der Waals surface area contributed by atoms with Crippen molar-refractivity contribution in [1.82, 2.24) is 29.7 Å². The molecule has 9 rings (SSSR count). The molecule has 1 aromatic carbocycles. The van der Waals surface area contributed by atoms with Gasteiger partial charge in [0, 0.05) is 75.6 Å². The van der Waals surface area contributed by atoms with Gasteiger partial charge in [0.2, 0.25) is 23.7 Å². The molecule has 298 valence electrons. The van der Waals surface area contributed by atoms with Gasteiger partial charge in [0.15, 0.2) is 0 Å². The van der Waals surface area contributed by atoms with Gasteiger partial charge in [0.05, 0.1) is 23.0 Å². The van der Waals surface area contributed by atoms with Gasteiger partial charge in [-0.05, 0) is 94.5 Å². The van der Waals surface area contributed by atoms with Crippen molar-refractivity contribution >= 4 is 63.5 Å². The number of rotatable bonds is 7. The summed E-state index contributed by atoms with van der Waals surface area (Å²) in [5.41, 5.74) is 4.86. The first-order valence-corrected chi connectivity index (χ1v) is 20.6. The topological polar surface area (TPSA) is 149 Å². The number of benzene rings is 1. The minimum atomic E-state index is -0.785. The predicted molar refractivity (Wildman–Crippen MR) is 219 cm³/mol. The lowest BCUT2D eigenvalue weighted by atomic mass is 9.71. The summed E-state index contributed by atoms with van der Waals surface area (Å²) in [6, 6.07) is 11.6. The van der Waals surface area contributed by atoms with Crippen LogP contribution in [0.4, 0.5) is 28.8 Å². The van der Waals surface area contributed by atoms with Crippen LogP contribution in [0.1, 0.15) is 100 Å². The second kappa shape index (κ2) is 14.1. The first-order valence-electron chi connectivity index (χ1n) is 20.6. The molecule has 4 aliphatic heterocycles. The quantitative estimate of drug-likeness (QED) is 0.224. The summed E-state index contributed by atoms with van der Waals surface area (Å²) in [6.07, 6.45) is 13.0. The number of hydrogen-bond donors (Lipinski definition) is 2. The molecular weight excluding hydrogens is 721 g/mol. The number of carbonyl (C=O) groups is 4. The smallest absolute Gasteiger partial charge is 0.270 e. The first-order chi connectivity index (χ1) is 27.4. The van der Waals surface area contributed by atoms with Crippen LogP contribution >= 0.6 is 0 Å². The molecule has 0 radical (unpaired) electrons. The van der Waals surface area contributed by atoms with E-state index in [4.69, 9.17) is 9.97 Å². The van der Waals surface area contributed by atoms with E-state index in [-0.39, 0.29) is 35.6 Å². The van der Waals surface area contributed by atoms with Crippen molar-refractivity contribution in [2.24, 2.45) is 5.41 Å². The molecule has 0 bridgehead atoms. The van der Waals surface area contributed by atoms with Crippen LogP contribution in [0, 0.1) is 5.41 Å². The lowest BCUT2D eigenvalue weighted by Crippen LogP contribution is -2.55. The normalized spacial score (nSPS) is 22.0. The molecule has 4 fully saturated rings. The number of amides is 4. The van der Waals surface area contributed by atoms with Gasteiger partial charge < -0.3 is 24.6 Å². The van der Waals surface area contributed by atoms with E-state index < -0.39 is 17.4 Å². The zero-order valence-electron chi connectivity index (χ0n) is 33.4. The van der Waals surface area contributed by atoms with Gasteiger partial charge in [-0.1, -0.05) is 18.9 Å². The van der Waals surface area contributed by atoms with Crippen LogP contribution in [-0.2, 0) is 19.8 Å². The van der Waals surface area contributed by atoms with E-state index in [9.17, 15) is 19.2 Å². The molecule has 7 heterocycles. The largest absolute Gasteiger partial charge is 0.371 e. The summed E-state index contributed by atoms with van der Waals surface area (Å²) >= 11 is 0. The maximum Gasteiger partial charge on any atom is 0.270 e. The highest BCUT2D eigenvalue weighted by molar-refractivity contribution is 6.14. The monoisotopic (exact) mass is 772 g/mol. The van der Waals surface area contributed by atoms with Crippen molar-refractivity contribution in [2.45, 2.75) is 95.6 Å². The van der Waals surface area contributed by atoms with Crippen LogP contribution in [0.3, 0.4) is 0 Å². The van der Waals surface area contributed by atoms with Gasteiger partial charge in [-0.15, -0.1) is 0 Å². The van der Waals surface area contributed by atoms with Crippen molar-refractivity contribution in [3.8, 4) is 0 Å². The van der Waals surface area contributed by atoms with Gasteiger partial charge in [-0.3, -0.25) is 29.4 Å². The fraction of sp³-hybridized carbons (Fsp3) is 0.512. The number of anilines is 5. The highest BCUT2D eigenvalue weighted by Crippen LogP contribution is 2.50. The van der Waals surface area contributed by atoms with Crippen LogP contribution in [0.15, 0.2) is 48.8 Å². The number of nitrogens with one attached hydrogen (secondary N) is 2. The zero-order chi connectivity index (χ0) is 39.6. The van der Waals surface area contributed by atoms with E-state index in [1.165, 1.54) is 0 Å². The maximum atomic E-state index is 13.9. The molecule has 3 saturated heterocycles. The van der Waals surface area contributed by atoms with Crippen LogP contribution in [0.25, 0.3) is 11.0 Å². The zero-order valence-corrected chi connectivity index (χ0v) is 33.4. The molecule has 14 nitrogen and oxygen atoms in total. The molecule has 3 aromatic heterocycles. The summed E-state index contributed by atoms with van der Waals surface area (Å²) in [6.45, 7) is 7.65. The number of imide groups is 1. The number of fused-ring (bicyclic) bond motifs is 2. The van der Waals surface area contributed by atoms with Crippen LogP contribution in [0.2, 0.25) is 0 Å². The Labute approximate surface area is 333 Å². The summed E-state index contributed by atoms with van der Waals surface area (Å²) in [7, 11) is 3.56. The third-order valence-electron chi connectivity index (χ3n) is 13.4. The molecule has 1 unspecified atom stereocenters. The van der Waals surface area contributed by atoms with E-state index in [2.05, 4.69) is 42.1 Å². The van der Waals surface area contributed by atoms with Crippen molar-refractivity contribution in [1.29, 1.82) is 0 Å². The molecule has 1 spiro atoms. The maximum absolute atomic E-state index is 13.9. The molecule has 1 saturated carbocycles.